The summed E-state index contributed by atoms with van der Waals surface area (Å²) < 4.78 is 0. The summed E-state index contributed by atoms with van der Waals surface area (Å²) in [6.45, 7) is 10.7. The summed E-state index contributed by atoms with van der Waals surface area (Å²) in [5.74, 6) is -2.22. The van der Waals surface area contributed by atoms with Crippen molar-refractivity contribution >= 4 is 57.4 Å². The van der Waals surface area contributed by atoms with E-state index in [1.165, 1.54) is 15.4 Å². The topological polar surface area (TPSA) is 180 Å². The van der Waals surface area contributed by atoms with E-state index in [2.05, 4.69) is 59.4 Å². The van der Waals surface area contributed by atoms with E-state index in [9.17, 15) is 0 Å². The van der Waals surface area contributed by atoms with Gasteiger partial charge in [0.1, 0.15) is 10.8 Å². The number of para-hydroxylation sites is 2. The summed E-state index contributed by atoms with van der Waals surface area (Å²) in [4.78, 5) is 47.1. The molecule has 1 aromatic carbocycles. The number of hydrogen-bond donors (Lipinski definition) is 5. The highest BCUT2D eigenvalue weighted by Gasteiger charge is 2.25. The molecule has 5 N–H and O–H groups in total. The zero-order valence-corrected chi connectivity index (χ0v) is 23.2. The van der Waals surface area contributed by atoms with Crippen LogP contribution in [0.3, 0.4) is 0 Å². The Morgan fingerprint density at radius 2 is 1.29 bits per heavy atom. The second-order valence-corrected chi connectivity index (χ2v) is 9.30. The normalized spacial score (nSPS) is 13.1. The Labute approximate surface area is 225 Å². The largest absolute Gasteiger partial charge is 0.481 e. The SMILES string of the molecule is CC(=O)O.CC(=O)O.CC(=O)O.CC(=O)O.Cc1cc2c(s1)Nc1ccccc1N=C2N1CCN(C)CC1. The molecule has 1 saturated heterocycles. The van der Waals surface area contributed by atoms with Crippen LogP contribution in [0.15, 0.2) is 35.3 Å². The minimum Gasteiger partial charge on any atom is -0.481 e. The molecular weight excluding hydrogens is 516 g/mol. The maximum absolute atomic E-state index is 9.00. The van der Waals surface area contributed by atoms with Crippen molar-refractivity contribution in [3.63, 3.8) is 0 Å². The van der Waals surface area contributed by atoms with Crippen molar-refractivity contribution in [2.24, 2.45) is 4.99 Å². The number of carbonyl (C=O) groups is 4. The molecule has 0 atom stereocenters. The fourth-order valence-corrected chi connectivity index (χ4v) is 3.93. The number of hydrogen-bond acceptors (Lipinski definition) is 9. The fraction of sp³-hybridized carbons (Fsp3) is 0.400. The summed E-state index contributed by atoms with van der Waals surface area (Å²) in [5, 5.41) is 34.4. The average molecular weight is 553 g/mol. The molecule has 38 heavy (non-hydrogen) atoms. The van der Waals surface area contributed by atoms with Crippen molar-refractivity contribution in [2.45, 2.75) is 34.6 Å². The first-order chi connectivity index (χ1) is 17.6. The lowest BCUT2D eigenvalue weighted by atomic mass is 10.2. The number of nitrogens with one attached hydrogen (secondary N) is 1. The van der Waals surface area contributed by atoms with Gasteiger partial charge < -0.3 is 35.5 Å². The number of aliphatic imine (C=N–C) groups is 1. The number of nitrogens with zero attached hydrogens (tertiary/aromatic N) is 3. The average Bonchev–Trinajstić information content (AvgIpc) is 3.04. The summed E-state index contributed by atoms with van der Waals surface area (Å²) in [5.41, 5.74) is 3.36. The standard InChI is InChI=1S/C17H20N4S.4C2H4O2/c1-12-11-13-16(21-9-7-20(2)8-10-21)18-14-5-3-4-6-15(14)19-17(13)22-12;4*1-2(3)4/h3-6,11,19H,7-10H2,1-2H3;4*1H3,(H,3,4). The van der Waals surface area contributed by atoms with Crippen LogP contribution >= 0.6 is 11.3 Å². The molecule has 0 aliphatic carbocycles. The Morgan fingerprint density at radius 1 is 0.842 bits per heavy atom. The van der Waals surface area contributed by atoms with E-state index in [0.717, 1.165) is 71.1 Å². The highest BCUT2D eigenvalue weighted by atomic mass is 32.1. The Kier molecular flexibility index (Phi) is 15.7. The molecule has 0 saturated carbocycles. The van der Waals surface area contributed by atoms with Gasteiger partial charge in [-0.15, -0.1) is 11.3 Å². The second-order valence-electron chi connectivity index (χ2n) is 8.04. The quantitative estimate of drug-likeness (QED) is 0.321. The Morgan fingerprint density at radius 3 is 1.76 bits per heavy atom. The van der Waals surface area contributed by atoms with Crippen LogP contribution in [0.1, 0.15) is 38.1 Å². The predicted octanol–water partition coefficient (Wildman–Crippen LogP) is 3.80. The number of thiophene rings is 1. The molecule has 0 unspecified atom stereocenters. The minimum absolute atomic E-state index is 0.833. The van der Waals surface area contributed by atoms with E-state index in [4.69, 9.17) is 44.6 Å². The van der Waals surface area contributed by atoms with E-state index in [1.807, 2.05) is 0 Å². The zero-order valence-electron chi connectivity index (χ0n) is 22.4. The summed E-state index contributed by atoms with van der Waals surface area (Å²) >= 11 is 1.81. The third-order valence-electron chi connectivity index (χ3n) is 4.28. The molecule has 4 rings (SSSR count). The van der Waals surface area contributed by atoms with Crippen molar-refractivity contribution < 1.29 is 39.6 Å². The molecule has 12 nitrogen and oxygen atoms in total. The van der Waals surface area contributed by atoms with Crippen LogP contribution in [0.5, 0.6) is 0 Å². The van der Waals surface area contributed by atoms with Gasteiger partial charge in [-0.3, -0.25) is 19.2 Å². The van der Waals surface area contributed by atoms with Crippen molar-refractivity contribution in [2.75, 3.05) is 38.5 Å². The number of amidine groups is 1. The first kappa shape index (κ1) is 34.0. The molecule has 0 bridgehead atoms. The molecular formula is C25H36N4O8S. The summed E-state index contributed by atoms with van der Waals surface area (Å²) in [6, 6.07) is 10.6. The van der Waals surface area contributed by atoms with Gasteiger partial charge in [0.15, 0.2) is 0 Å². The van der Waals surface area contributed by atoms with Crippen LogP contribution in [0.2, 0.25) is 0 Å². The van der Waals surface area contributed by atoms with Gasteiger partial charge in [-0.1, -0.05) is 12.1 Å². The number of likely N-dealkylation sites (N-methyl/N-ethyl adjacent to an activating group) is 1. The molecule has 210 valence electrons. The maximum Gasteiger partial charge on any atom is 0.300 e. The number of rotatable bonds is 0. The third kappa shape index (κ3) is 15.2. The van der Waals surface area contributed by atoms with Gasteiger partial charge in [-0.2, -0.15) is 0 Å². The van der Waals surface area contributed by atoms with Gasteiger partial charge in [-0.05, 0) is 32.2 Å². The number of carboxylic acids is 4. The molecule has 13 heteroatoms. The Bertz CT molecular complexity index is 1040. The molecule has 1 fully saturated rings. The maximum atomic E-state index is 9.00. The number of fused-ring (bicyclic) bond motifs is 2. The second kappa shape index (κ2) is 17.5. The number of carboxylic acid groups (broad SMARTS) is 4. The van der Waals surface area contributed by atoms with Gasteiger partial charge >= 0.3 is 0 Å². The lowest BCUT2D eigenvalue weighted by molar-refractivity contribution is -0.135. The van der Waals surface area contributed by atoms with Crippen molar-refractivity contribution in [3.8, 4) is 0 Å². The van der Waals surface area contributed by atoms with Crippen molar-refractivity contribution in [3.05, 3.63) is 40.8 Å². The Balaban J connectivity index is 0.000000709. The molecule has 0 spiro atoms. The van der Waals surface area contributed by atoms with Crippen LogP contribution in [0.4, 0.5) is 16.4 Å². The molecule has 1 aromatic heterocycles. The van der Waals surface area contributed by atoms with Crippen molar-refractivity contribution in [1.29, 1.82) is 0 Å². The number of aliphatic carboxylic acids is 4. The lowest BCUT2D eigenvalue weighted by Crippen LogP contribution is -2.47. The number of piperazine rings is 1. The van der Waals surface area contributed by atoms with Crippen LogP contribution in [0.25, 0.3) is 0 Å². The molecule has 2 aliphatic heterocycles. The number of benzene rings is 1. The van der Waals surface area contributed by atoms with Gasteiger partial charge in [0, 0.05) is 58.8 Å². The van der Waals surface area contributed by atoms with E-state index < -0.39 is 23.9 Å². The monoisotopic (exact) mass is 552 g/mol. The smallest absolute Gasteiger partial charge is 0.300 e. The van der Waals surface area contributed by atoms with E-state index in [-0.39, 0.29) is 0 Å². The van der Waals surface area contributed by atoms with E-state index >= 15 is 0 Å². The third-order valence-corrected chi connectivity index (χ3v) is 5.24. The van der Waals surface area contributed by atoms with Crippen LogP contribution < -0.4 is 5.32 Å². The van der Waals surface area contributed by atoms with Crippen molar-refractivity contribution in [1.82, 2.24) is 9.80 Å². The zero-order chi connectivity index (χ0) is 29.4. The fourth-order valence-electron chi connectivity index (χ4n) is 3.01. The number of aryl methyl sites for hydroxylation is 1. The van der Waals surface area contributed by atoms with Gasteiger partial charge in [-0.25, -0.2) is 4.99 Å². The van der Waals surface area contributed by atoms with E-state index in [1.54, 1.807) is 11.3 Å². The molecule has 2 aromatic rings. The predicted molar refractivity (Wildman–Crippen MR) is 147 cm³/mol. The summed E-state index contributed by atoms with van der Waals surface area (Å²) in [6.07, 6.45) is 0. The van der Waals surface area contributed by atoms with Gasteiger partial charge in [0.2, 0.25) is 0 Å². The molecule has 0 radical (unpaired) electrons. The first-order valence-corrected chi connectivity index (χ1v) is 12.2. The lowest BCUT2D eigenvalue weighted by Gasteiger charge is -2.34. The van der Waals surface area contributed by atoms with Gasteiger partial charge in [0.25, 0.3) is 23.9 Å². The van der Waals surface area contributed by atoms with E-state index in [0.29, 0.717) is 0 Å². The number of anilines is 2. The molecule has 3 heterocycles. The van der Waals surface area contributed by atoms with Crippen LogP contribution in [-0.2, 0) is 19.2 Å². The Hall–Kier alpha value is -3.97. The first-order valence-electron chi connectivity index (χ1n) is 11.4. The minimum atomic E-state index is -0.833. The molecule has 2 aliphatic rings. The van der Waals surface area contributed by atoms with Gasteiger partial charge in [0.05, 0.1) is 16.9 Å². The van der Waals surface area contributed by atoms with Crippen LogP contribution in [-0.4, -0.2) is 93.2 Å². The summed E-state index contributed by atoms with van der Waals surface area (Å²) in [7, 11) is 2.18. The van der Waals surface area contributed by atoms with Crippen LogP contribution in [0, 0.1) is 6.92 Å². The highest BCUT2D eigenvalue weighted by Crippen LogP contribution is 2.39. The highest BCUT2D eigenvalue weighted by molar-refractivity contribution is 7.16. The molecule has 0 amide bonds.